The Morgan fingerprint density at radius 3 is 2.76 bits per heavy atom. The standard InChI is InChI=1S/C12H10N2O3/c1-17-14-10(15)6-7-13-11(14)8-4-2-3-5-9(8)12(13)16/h2-7,11H,1H3/t11-/m1/s1. The van der Waals surface area contributed by atoms with Gasteiger partial charge in [-0.3, -0.25) is 19.3 Å². The molecule has 1 aromatic carbocycles. The van der Waals surface area contributed by atoms with Gasteiger partial charge in [0, 0.05) is 23.4 Å². The van der Waals surface area contributed by atoms with Crippen LogP contribution < -0.4 is 0 Å². The van der Waals surface area contributed by atoms with Crippen molar-refractivity contribution in [3.05, 3.63) is 47.7 Å². The molecular formula is C12H10N2O3. The van der Waals surface area contributed by atoms with Crippen molar-refractivity contribution in [3.8, 4) is 0 Å². The number of benzene rings is 1. The van der Waals surface area contributed by atoms with Crippen LogP contribution >= 0.6 is 0 Å². The van der Waals surface area contributed by atoms with Crippen molar-refractivity contribution in [2.24, 2.45) is 0 Å². The third kappa shape index (κ3) is 1.23. The Hall–Kier alpha value is -2.14. The van der Waals surface area contributed by atoms with Gasteiger partial charge >= 0.3 is 0 Å². The summed E-state index contributed by atoms with van der Waals surface area (Å²) in [7, 11) is 1.42. The topological polar surface area (TPSA) is 49.9 Å². The molecule has 5 nitrogen and oxygen atoms in total. The zero-order valence-corrected chi connectivity index (χ0v) is 9.16. The zero-order chi connectivity index (χ0) is 12.0. The molecule has 0 saturated heterocycles. The first kappa shape index (κ1) is 10.0. The maximum absolute atomic E-state index is 12.1. The third-order valence-electron chi connectivity index (χ3n) is 2.98. The molecule has 1 atom stereocenters. The van der Waals surface area contributed by atoms with E-state index in [-0.39, 0.29) is 11.8 Å². The predicted molar refractivity (Wildman–Crippen MR) is 58.3 cm³/mol. The number of carbonyl (C=O) groups excluding carboxylic acids is 2. The van der Waals surface area contributed by atoms with Crippen LogP contribution in [0.5, 0.6) is 0 Å². The maximum atomic E-state index is 12.1. The Balaban J connectivity index is 2.17. The van der Waals surface area contributed by atoms with Crippen molar-refractivity contribution < 1.29 is 14.4 Å². The van der Waals surface area contributed by atoms with Gasteiger partial charge in [-0.15, -0.1) is 0 Å². The van der Waals surface area contributed by atoms with Crippen LogP contribution in [-0.2, 0) is 9.63 Å². The highest BCUT2D eigenvalue weighted by molar-refractivity contribution is 6.02. The van der Waals surface area contributed by atoms with E-state index in [4.69, 9.17) is 4.84 Å². The molecule has 2 aliphatic heterocycles. The fourth-order valence-electron chi connectivity index (χ4n) is 2.23. The van der Waals surface area contributed by atoms with Gasteiger partial charge in [-0.25, -0.2) is 0 Å². The summed E-state index contributed by atoms with van der Waals surface area (Å²) in [5, 5.41) is 1.20. The van der Waals surface area contributed by atoms with Gasteiger partial charge < -0.3 is 0 Å². The van der Waals surface area contributed by atoms with Crippen LogP contribution in [0, 0.1) is 0 Å². The van der Waals surface area contributed by atoms with E-state index >= 15 is 0 Å². The maximum Gasteiger partial charge on any atom is 0.273 e. The molecule has 0 unspecified atom stereocenters. The Labute approximate surface area is 97.8 Å². The average molecular weight is 230 g/mol. The summed E-state index contributed by atoms with van der Waals surface area (Å²) in [4.78, 5) is 30.3. The van der Waals surface area contributed by atoms with E-state index in [1.807, 2.05) is 12.1 Å². The first-order chi connectivity index (χ1) is 8.24. The van der Waals surface area contributed by atoms with Crippen molar-refractivity contribution >= 4 is 11.8 Å². The summed E-state index contributed by atoms with van der Waals surface area (Å²) in [6, 6.07) is 7.22. The zero-order valence-electron chi connectivity index (χ0n) is 9.16. The largest absolute Gasteiger partial charge is 0.287 e. The van der Waals surface area contributed by atoms with Crippen molar-refractivity contribution in [1.82, 2.24) is 9.96 Å². The number of carbonyl (C=O) groups is 2. The van der Waals surface area contributed by atoms with Gasteiger partial charge in [0.05, 0.1) is 7.11 Å². The van der Waals surface area contributed by atoms with Crippen LogP contribution in [0.3, 0.4) is 0 Å². The van der Waals surface area contributed by atoms with Crippen molar-refractivity contribution in [1.29, 1.82) is 0 Å². The molecule has 3 rings (SSSR count). The second kappa shape index (κ2) is 3.43. The smallest absolute Gasteiger partial charge is 0.273 e. The lowest BCUT2D eigenvalue weighted by Gasteiger charge is -2.33. The highest BCUT2D eigenvalue weighted by atomic mass is 16.7. The second-order valence-corrected chi connectivity index (χ2v) is 3.84. The fraction of sp³-hybridized carbons (Fsp3) is 0.167. The molecule has 0 aliphatic carbocycles. The molecule has 0 fully saturated rings. The summed E-state index contributed by atoms with van der Waals surface area (Å²) in [5.74, 6) is -0.380. The Morgan fingerprint density at radius 1 is 1.24 bits per heavy atom. The van der Waals surface area contributed by atoms with Gasteiger partial charge in [-0.1, -0.05) is 18.2 Å². The van der Waals surface area contributed by atoms with Crippen LogP contribution in [0.4, 0.5) is 0 Å². The molecule has 0 spiro atoms. The molecule has 17 heavy (non-hydrogen) atoms. The van der Waals surface area contributed by atoms with Crippen molar-refractivity contribution in [3.63, 3.8) is 0 Å². The Kier molecular flexibility index (Phi) is 2.02. The molecule has 0 N–H and O–H groups in total. The summed E-state index contributed by atoms with van der Waals surface area (Å²) >= 11 is 0. The van der Waals surface area contributed by atoms with E-state index in [1.54, 1.807) is 12.1 Å². The molecule has 2 amide bonds. The third-order valence-corrected chi connectivity index (χ3v) is 2.98. The van der Waals surface area contributed by atoms with Gasteiger partial charge in [0.15, 0.2) is 6.17 Å². The van der Waals surface area contributed by atoms with E-state index in [0.717, 1.165) is 5.56 Å². The SMILES string of the molecule is CON1C(=O)C=CN2C(=O)c3ccccc3[C@H]21. The van der Waals surface area contributed by atoms with Gasteiger partial charge in [0.2, 0.25) is 0 Å². The molecule has 2 aliphatic rings. The number of amides is 2. The summed E-state index contributed by atoms with van der Waals surface area (Å²) in [6.07, 6.45) is 2.34. The number of nitrogens with zero attached hydrogens (tertiary/aromatic N) is 2. The van der Waals surface area contributed by atoms with Gasteiger partial charge in [-0.05, 0) is 6.07 Å². The monoisotopic (exact) mass is 230 g/mol. The highest BCUT2D eigenvalue weighted by Gasteiger charge is 2.43. The molecule has 2 heterocycles. The first-order valence-electron chi connectivity index (χ1n) is 5.21. The molecule has 0 radical (unpaired) electrons. The highest BCUT2D eigenvalue weighted by Crippen LogP contribution is 2.38. The van der Waals surface area contributed by atoms with Gasteiger partial charge in [0.1, 0.15) is 0 Å². The predicted octanol–water partition coefficient (Wildman–Crippen LogP) is 1.06. The van der Waals surface area contributed by atoms with Gasteiger partial charge in [0.25, 0.3) is 11.8 Å². The van der Waals surface area contributed by atoms with E-state index in [0.29, 0.717) is 5.56 Å². The average Bonchev–Trinajstić information content (AvgIpc) is 2.64. The lowest BCUT2D eigenvalue weighted by atomic mass is 10.1. The number of hydroxylamine groups is 2. The summed E-state index contributed by atoms with van der Waals surface area (Å²) in [5.41, 5.74) is 1.40. The van der Waals surface area contributed by atoms with Gasteiger partial charge in [-0.2, -0.15) is 5.06 Å². The molecule has 86 valence electrons. The molecule has 0 aromatic heterocycles. The number of hydrogen-bond acceptors (Lipinski definition) is 3. The number of hydrogen-bond donors (Lipinski definition) is 0. The minimum atomic E-state index is -0.485. The van der Waals surface area contributed by atoms with Crippen LogP contribution in [0.1, 0.15) is 22.1 Å². The van der Waals surface area contributed by atoms with Crippen molar-refractivity contribution in [2.45, 2.75) is 6.17 Å². The number of rotatable bonds is 1. The minimum absolute atomic E-state index is 0.114. The fourth-order valence-corrected chi connectivity index (χ4v) is 2.23. The second-order valence-electron chi connectivity index (χ2n) is 3.84. The van der Waals surface area contributed by atoms with Crippen LogP contribution in [-0.4, -0.2) is 28.9 Å². The van der Waals surface area contributed by atoms with Crippen LogP contribution in [0.2, 0.25) is 0 Å². The van der Waals surface area contributed by atoms with E-state index in [9.17, 15) is 9.59 Å². The molecule has 0 bridgehead atoms. The Bertz CT molecular complexity index is 538. The van der Waals surface area contributed by atoms with E-state index in [2.05, 4.69) is 0 Å². The van der Waals surface area contributed by atoms with Crippen LogP contribution in [0.15, 0.2) is 36.5 Å². The van der Waals surface area contributed by atoms with E-state index in [1.165, 1.54) is 29.3 Å². The molecule has 1 aromatic rings. The van der Waals surface area contributed by atoms with Crippen molar-refractivity contribution in [2.75, 3.05) is 7.11 Å². The summed E-state index contributed by atoms with van der Waals surface area (Å²) in [6.45, 7) is 0. The van der Waals surface area contributed by atoms with E-state index < -0.39 is 6.17 Å². The molecule has 0 saturated carbocycles. The summed E-state index contributed by atoms with van der Waals surface area (Å²) < 4.78 is 0. The normalized spacial score (nSPS) is 21.8. The Morgan fingerprint density at radius 2 is 2.00 bits per heavy atom. The quantitative estimate of drug-likeness (QED) is 0.724. The minimum Gasteiger partial charge on any atom is -0.287 e. The lowest BCUT2D eigenvalue weighted by Crippen LogP contribution is -2.42. The number of fused-ring (bicyclic) bond motifs is 3. The molecular weight excluding hydrogens is 220 g/mol. The lowest BCUT2D eigenvalue weighted by molar-refractivity contribution is -0.198. The first-order valence-corrected chi connectivity index (χ1v) is 5.21. The molecule has 5 heteroatoms. The van der Waals surface area contributed by atoms with Crippen LogP contribution in [0.25, 0.3) is 0 Å².